The van der Waals surface area contributed by atoms with Gasteiger partial charge in [-0.05, 0) is 23.3 Å². The van der Waals surface area contributed by atoms with Crippen molar-refractivity contribution in [3.63, 3.8) is 0 Å². The minimum absolute atomic E-state index is 0.0522. The molecule has 35 heavy (non-hydrogen) atoms. The summed E-state index contributed by atoms with van der Waals surface area (Å²) < 4.78 is 27.1. The Bertz CT molecular complexity index is 1230. The third kappa shape index (κ3) is 6.55. The summed E-state index contributed by atoms with van der Waals surface area (Å²) in [6.07, 6.45) is 0.0966. The lowest BCUT2D eigenvalue weighted by molar-refractivity contribution is -0.132. The summed E-state index contributed by atoms with van der Waals surface area (Å²) in [5.74, 6) is -0.417. The van der Waals surface area contributed by atoms with Crippen molar-refractivity contribution in [1.82, 2.24) is 14.5 Å². The highest BCUT2D eigenvalue weighted by atomic mass is 32.2. The van der Waals surface area contributed by atoms with Gasteiger partial charge in [-0.1, -0.05) is 78.9 Å². The molecule has 0 aliphatic carbocycles. The first-order valence-electron chi connectivity index (χ1n) is 11.6. The van der Waals surface area contributed by atoms with Crippen LogP contribution in [0.25, 0.3) is 0 Å². The third-order valence-corrected chi connectivity index (χ3v) is 7.95. The van der Waals surface area contributed by atoms with Crippen LogP contribution in [0.1, 0.15) is 33.9 Å². The van der Waals surface area contributed by atoms with Crippen LogP contribution in [0.2, 0.25) is 0 Å². The predicted octanol–water partition coefficient (Wildman–Crippen LogP) is 3.22. The summed E-state index contributed by atoms with van der Waals surface area (Å²) in [4.78, 5) is 27.6. The molecule has 7 nitrogen and oxygen atoms in total. The number of hydrogen-bond acceptors (Lipinski definition) is 4. The second kappa shape index (κ2) is 11.3. The normalized spacial score (nSPS) is 15.4. The number of carbonyl (C=O) groups excluding carboxylic acids is 2. The van der Waals surface area contributed by atoms with Gasteiger partial charge in [0.1, 0.15) is 0 Å². The van der Waals surface area contributed by atoms with Crippen LogP contribution in [0.4, 0.5) is 0 Å². The number of hydrogen-bond donors (Lipinski definition) is 1. The van der Waals surface area contributed by atoms with Crippen molar-refractivity contribution in [3.8, 4) is 0 Å². The van der Waals surface area contributed by atoms with Crippen molar-refractivity contribution in [2.45, 2.75) is 18.2 Å². The minimum atomic E-state index is -3.46. The molecule has 0 radical (unpaired) electrons. The Morgan fingerprint density at radius 3 is 1.91 bits per heavy atom. The fourth-order valence-corrected chi connectivity index (χ4v) is 5.68. The zero-order valence-corrected chi connectivity index (χ0v) is 20.2. The number of sulfonamides is 1. The van der Waals surface area contributed by atoms with Gasteiger partial charge in [-0.15, -0.1) is 0 Å². The van der Waals surface area contributed by atoms with Crippen LogP contribution in [0.15, 0.2) is 91.0 Å². The summed E-state index contributed by atoms with van der Waals surface area (Å²) in [5.41, 5.74) is 2.11. The molecule has 0 aromatic heterocycles. The lowest BCUT2D eigenvalue weighted by Gasteiger charge is -2.35. The van der Waals surface area contributed by atoms with E-state index in [0.717, 1.165) is 11.1 Å². The van der Waals surface area contributed by atoms with Crippen LogP contribution >= 0.6 is 0 Å². The minimum Gasteiger partial charge on any atom is -0.345 e. The molecule has 0 spiro atoms. The van der Waals surface area contributed by atoms with E-state index in [0.29, 0.717) is 18.7 Å². The number of amides is 2. The fraction of sp³-hybridized carbons (Fsp3) is 0.259. The Morgan fingerprint density at radius 2 is 1.31 bits per heavy atom. The van der Waals surface area contributed by atoms with Crippen molar-refractivity contribution in [1.29, 1.82) is 0 Å². The van der Waals surface area contributed by atoms with Gasteiger partial charge in [0, 0.05) is 31.7 Å². The first-order valence-corrected chi connectivity index (χ1v) is 13.2. The molecule has 1 heterocycles. The number of carbonyl (C=O) groups is 2. The summed E-state index contributed by atoms with van der Waals surface area (Å²) in [5, 5.41) is 2.99. The van der Waals surface area contributed by atoms with E-state index < -0.39 is 16.1 Å². The fourth-order valence-electron chi connectivity index (χ4n) is 4.16. The monoisotopic (exact) mass is 491 g/mol. The van der Waals surface area contributed by atoms with Gasteiger partial charge in [0.25, 0.3) is 5.91 Å². The first kappa shape index (κ1) is 24.6. The van der Waals surface area contributed by atoms with E-state index in [4.69, 9.17) is 0 Å². The van der Waals surface area contributed by atoms with Gasteiger partial charge in [0.15, 0.2) is 0 Å². The topological polar surface area (TPSA) is 86.8 Å². The van der Waals surface area contributed by atoms with Crippen molar-refractivity contribution < 1.29 is 18.0 Å². The van der Waals surface area contributed by atoms with Crippen molar-refractivity contribution in [3.05, 3.63) is 108 Å². The van der Waals surface area contributed by atoms with E-state index in [1.807, 2.05) is 54.6 Å². The molecule has 0 unspecified atom stereocenters. The number of nitrogens with one attached hydrogen (secondary N) is 1. The van der Waals surface area contributed by atoms with Gasteiger partial charge in [-0.25, -0.2) is 8.42 Å². The van der Waals surface area contributed by atoms with Crippen molar-refractivity contribution >= 4 is 21.8 Å². The van der Waals surface area contributed by atoms with Crippen molar-refractivity contribution in [2.24, 2.45) is 0 Å². The van der Waals surface area contributed by atoms with Gasteiger partial charge in [-0.2, -0.15) is 4.31 Å². The molecular formula is C27H29N3O4S. The molecule has 1 atom stereocenters. The molecular weight excluding hydrogens is 462 g/mol. The first-order chi connectivity index (χ1) is 16.9. The number of rotatable bonds is 8. The second-order valence-electron chi connectivity index (χ2n) is 8.53. The van der Waals surface area contributed by atoms with Crippen LogP contribution in [0, 0.1) is 0 Å². The number of piperazine rings is 1. The Labute approximate surface area is 206 Å². The number of benzene rings is 3. The Balaban J connectivity index is 1.38. The maximum Gasteiger partial charge on any atom is 0.251 e. The molecule has 8 heteroatoms. The summed E-state index contributed by atoms with van der Waals surface area (Å²) in [6.45, 7) is 1.16. The Kier molecular flexibility index (Phi) is 7.94. The predicted molar refractivity (Wildman–Crippen MR) is 135 cm³/mol. The average molecular weight is 492 g/mol. The Morgan fingerprint density at radius 1 is 0.771 bits per heavy atom. The lowest BCUT2D eigenvalue weighted by atomic mass is 10.0. The molecule has 0 bridgehead atoms. The van der Waals surface area contributed by atoms with Gasteiger partial charge in [-0.3, -0.25) is 9.59 Å². The standard InChI is InChI=1S/C27H29N3O4S/c31-26(29-16-18-30(19-17-29)35(33,34)21-22-10-4-1-5-11-22)20-25(23-12-6-2-7-13-23)28-27(32)24-14-8-3-9-15-24/h1-15,25H,16-21H2,(H,28,32)/t25-/m0/s1. The van der Waals surface area contributed by atoms with Gasteiger partial charge in [0.05, 0.1) is 18.2 Å². The molecule has 4 rings (SSSR count). The van der Waals surface area contributed by atoms with E-state index in [-0.39, 0.29) is 37.1 Å². The molecule has 1 aliphatic rings. The van der Waals surface area contributed by atoms with Crippen LogP contribution in [-0.2, 0) is 20.6 Å². The van der Waals surface area contributed by atoms with E-state index in [2.05, 4.69) is 5.32 Å². The SMILES string of the molecule is O=C(N[C@@H](CC(=O)N1CCN(S(=O)(=O)Cc2ccccc2)CC1)c1ccccc1)c1ccccc1. The van der Waals surface area contributed by atoms with E-state index in [1.165, 1.54) is 4.31 Å². The van der Waals surface area contributed by atoms with E-state index in [9.17, 15) is 18.0 Å². The zero-order chi connectivity index (χ0) is 24.7. The molecule has 1 N–H and O–H groups in total. The van der Waals surface area contributed by atoms with Crippen LogP contribution in [0.3, 0.4) is 0 Å². The highest BCUT2D eigenvalue weighted by molar-refractivity contribution is 7.88. The molecule has 0 saturated carbocycles. The zero-order valence-electron chi connectivity index (χ0n) is 19.4. The molecule has 1 aliphatic heterocycles. The third-order valence-electron chi connectivity index (χ3n) is 6.10. The van der Waals surface area contributed by atoms with Crippen LogP contribution < -0.4 is 5.32 Å². The smallest absolute Gasteiger partial charge is 0.251 e. The van der Waals surface area contributed by atoms with Crippen LogP contribution in [0.5, 0.6) is 0 Å². The van der Waals surface area contributed by atoms with Gasteiger partial charge >= 0.3 is 0 Å². The highest BCUT2D eigenvalue weighted by Gasteiger charge is 2.30. The van der Waals surface area contributed by atoms with Crippen LogP contribution in [-0.4, -0.2) is 55.6 Å². The summed E-state index contributed by atoms with van der Waals surface area (Å²) in [7, 11) is -3.46. The molecule has 182 valence electrons. The highest BCUT2D eigenvalue weighted by Crippen LogP contribution is 2.20. The second-order valence-corrected chi connectivity index (χ2v) is 10.5. The van der Waals surface area contributed by atoms with Crippen molar-refractivity contribution in [2.75, 3.05) is 26.2 Å². The molecule has 2 amide bonds. The average Bonchev–Trinajstić information content (AvgIpc) is 2.89. The lowest BCUT2D eigenvalue weighted by Crippen LogP contribution is -2.51. The molecule has 1 saturated heterocycles. The maximum atomic E-state index is 13.2. The molecule has 1 fully saturated rings. The number of nitrogens with zero attached hydrogens (tertiary/aromatic N) is 2. The Hall–Kier alpha value is -3.49. The maximum absolute atomic E-state index is 13.2. The quantitative estimate of drug-likeness (QED) is 0.524. The van der Waals surface area contributed by atoms with Gasteiger partial charge < -0.3 is 10.2 Å². The molecule has 3 aromatic carbocycles. The van der Waals surface area contributed by atoms with Gasteiger partial charge in [0.2, 0.25) is 15.9 Å². The van der Waals surface area contributed by atoms with E-state index >= 15 is 0 Å². The van der Waals surface area contributed by atoms with E-state index in [1.54, 1.807) is 41.3 Å². The summed E-state index contributed by atoms with van der Waals surface area (Å²) >= 11 is 0. The summed E-state index contributed by atoms with van der Waals surface area (Å²) in [6, 6.07) is 26.9. The molecule has 3 aromatic rings. The largest absolute Gasteiger partial charge is 0.345 e.